The predicted octanol–water partition coefficient (Wildman–Crippen LogP) is 4.92. The number of hydrogen-bond donors (Lipinski definition) is 2. The number of para-hydroxylation sites is 1. The molecule has 2 aromatic rings. The summed E-state index contributed by atoms with van der Waals surface area (Å²) in [5, 5.41) is 7.42. The highest BCUT2D eigenvalue weighted by Gasteiger charge is 2.24. The lowest BCUT2D eigenvalue weighted by Gasteiger charge is -2.33. The third-order valence-electron chi connectivity index (χ3n) is 7.23. The van der Waals surface area contributed by atoms with Gasteiger partial charge in [-0.3, -0.25) is 14.5 Å². The Bertz CT molecular complexity index is 1070. The molecule has 0 saturated carbocycles. The van der Waals surface area contributed by atoms with Crippen LogP contribution in [0.3, 0.4) is 0 Å². The molecule has 0 unspecified atom stereocenters. The number of hydrogen-bond acceptors (Lipinski definition) is 7. The molecule has 0 fully saturated rings. The summed E-state index contributed by atoms with van der Waals surface area (Å²) in [7, 11) is 1.71. The lowest BCUT2D eigenvalue weighted by atomic mass is 9.98. The van der Waals surface area contributed by atoms with Crippen LogP contribution >= 0.6 is 0 Å². The van der Waals surface area contributed by atoms with Gasteiger partial charge in [0.1, 0.15) is 5.75 Å². The van der Waals surface area contributed by atoms with E-state index < -0.39 is 5.97 Å². The summed E-state index contributed by atoms with van der Waals surface area (Å²) < 4.78 is 16.7. The summed E-state index contributed by atoms with van der Waals surface area (Å²) >= 11 is 0. The van der Waals surface area contributed by atoms with E-state index in [4.69, 9.17) is 29.8 Å². The van der Waals surface area contributed by atoms with Crippen molar-refractivity contribution in [3.8, 4) is 17.2 Å². The van der Waals surface area contributed by atoms with Crippen LogP contribution in [0.5, 0.6) is 17.2 Å². The maximum absolute atomic E-state index is 13.5. The third-order valence-corrected chi connectivity index (χ3v) is 7.23. The van der Waals surface area contributed by atoms with Gasteiger partial charge in [0.25, 0.3) is 5.97 Å². The number of ether oxygens (including phenoxy) is 3. The minimum Gasteiger partial charge on any atom is -0.496 e. The monoisotopic (exact) mass is 571 g/mol. The Balaban J connectivity index is 0.00000138. The first kappa shape index (κ1) is 33.9. The number of nitrogens with two attached hydrogens (primary N) is 1. The smallest absolute Gasteiger partial charge is 0.300 e. The summed E-state index contributed by atoms with van der Waals surface area (Å²) in [5.74, 6) is 2.08. The number of benzene rings is 2. The second-order valence-corrected chi connectivity index (χ2v) is 10.5. The molecule has 0 aliphatic carbocycles. The molecule has 228 valence electrons. The molecule has 1 aliphatic heterocycles. The van der Waals surface area contributed by atoms with Crippen molar-refractivity contribution in [1.29, 1.82) is 0 Å². The zero-order valence-corrected chi connectivity index (χ0v) is 25.4. The van der Waals surface area contributed by atoms with E-state index in [1.165, 1.54) is 11.1 Å². The normalized spacial score (nSPS) is 13.2. The van der Waals surface area contributed by atoms with Gasteiger partial charge >= 0.3 is 0 Å². The topological polar surface area (TPSA) is 115 Å². The summed E-state index contributed by atoms with van der Waals surface area (Å²) in [6, 6.07) is 14.5. The fourth-order valence-corrected chi connectivity index (χ4v) is 4.80. The zero-order valence-electron chi connectivity index (χ0n) is 25.4. The van der Waals surface area contributed by atoms with Crippen LogP contribution in [-0.2, 0) is 16.0 Å². The first-order chi connectivity index (χ1) is 19.7. The Hall–Kier alpha value is -3.30. The SMILES string of the molecule is CC(=O)O.CCCCN(CCCN)C(=O)CN(C[C@@H](C)c1ccc2c(c1)OCO2)[C@H](C)CCc1ccccc1OC. The number of carboxylic acid groups (broad SMARTS) is 1. The van der Waals surface area contributed by atoms with Crippen LogP contribution in [0.25, 0.3) is 0 Å². The first-order valence-corrected chi connectivity index (χ1v) is 14.6. The number of methoxy groups -OCH3 is 1. The molecule has 9 heteroatoms. The molecule has 0 aromatic heterocycles. The fraction of sp³-hybridized carbons (Fsp3) is 0.562. The van der Waals surface area contributed by atoms with Gasteiger partial charge in [-0.05, 0) is 74.4 Å². The molecular formula is C32H49N3O6. The van der Waals surface area contributed by atoms with Gasteiger partial charge in [-0.2, -0.15) is 0 Å². The third kappa shape index (κ3) is 11.6. The van der Waals surface area contributed by atoms with Gasteiger partial charge < -0.3 is 30.0 Å². The average Bonchev–Trinajstić information content (AvgIpc) is 3.43. The van der Waals surface area contributed by atoms with Gasteiger partial charge in [-0.25, -0.2) is 0 Å². The van der Waals surface area contributed by atoms with Crippen LogP contribution in [-0.4, -0.2) is 79.5 Å². The van der Waals surface area contributed by atoms with Crippen molar-refractivity contribution in [2.75, 3.05) is 46.6 Å². The summed E-state index contributed by atoms with van der Waals surface area (Å²) in [6.07, 6.45) is 4.71. The number of carbonyl (C=O) groups excluding carboxylic acids is 1. The zero-order chi connectivity index (χ0) is 30.2. The largest absolute Gasteiger partial charge is 0.496 e. The number of aryl methyl sites for hydroxylation is 1. The van der Waals surface area contributed by atoms with Gasteiger partial charge in [-0.15, -0.1) is 0 Å². The van der Waals surface area contributed by atoms with E-state index in [0.717, 1.165) is 75.9 Å². The first-order valence-electron chi connectivity index (χ1n) is 14.6. The molecular weight excluding hydrogens is 522 g/mol. The van der Waals surface area contributed by atoms with E-state index in [2.05, 4.69) is 49.9 Å². The number of unbranched alkanes of at least 4 members (excludes halogenated alkanes) is 1. The fourth-order valence-electron chi connectivity index (χ4n) is 4.80. The Morgan fingerprint density at radius 3 is 2.44 bits per heavy atom. The number of aliphatic carboxylic acids is 1. The molecule has 0 spiro atoms. The summed E-state index contributed by atoms with van der Waals surface area (Å²) in [5.41, 5.74) is 8.14. The Kier molecular flexibility index (Phi) is 15.0. The summed E-state index contributed by atoms with van der Waals surface area (Å²) in [6.45, 7) is 11.2. The van der Waals surface area contributed by atoms with Gasteiger partial charge in [0, 0.05) is 32.6 Å². The molecule has 41 heavy (non-hydrogen) atoms. The number of nitrogens with zero attached hydrogens (tertiary/aromatic N) is 2. The molecule has 9 nitrogen and oxygen atoms in total. The van der Waals surface area contributed by atoms with Crippen molar-refractivity contribution < 1.29 is 28.9 Å². The minimum absolute atomic E-state index is 0.184. The maximum atomic E-state index is 13.5. The van der Waals surface area contributed by atoms with Crippen LogP contribution in [0, 0.1) is 0 Å². The van der Waals surface area contributed by atoms with E-state index in [0.29, 0.717) is 13.1 Å². The highest BCUT2D eigenvalue weighted by molar-refractivity contribution is 5.78. The van der Waals surface area contributed by atoms with E-state index in [1.54, 1.807) is 7.11 Å². The molecule has 3 rings (SSSR count). The molecule has 1 heterocycles. The number of carbonyl (C=O) groups is 2. The van der Waals surface area contributed by atoms with Crippen molar-refractivity contribution in [3.63, 3.8) is 0 Å². The van der Waals surface area contributed by atoms with E-state index in [9.17, 15) is 4.79 Å². The minimum atomic E-state index is -0.833. The number of fused-ring (bicyclic) bond motifs is 1. The molecule has 2 aromatic carbocycles. The molecule has 0 saturated heterocycles. The van der Waals surface area contributed by atoms with Gasteiger partial charge in [0.2, 0.25) is 12.7 Å². The summed E-state index contributed by atoms with van der Waals surface area (Å²) in [4.78, 5) is 26.8. The second kappa shape index (κ2) is 18.2. The molecule has 0 radical (unpaired) electrons. The van der Waals surface area contributed by atoms with Crippen molar-refractivity contribution in [1.82, 2.24) is 9.80 Å². The highest BCUT2D eigenvalue weighted by Crippen LogP contribution is 2.35. The lowest BCUT2D eigenvalue weighted by molar-refractivity contribution is -0.134. The van der Waals surface area contributed by atoms with Crippen LogP contribution in [0.2, 0.25) is 0 Å². The number of rotatable bonds is 16. The van der Waals surface area contributed by atoms with Crippen molar-refractivity contribution >= 4 is 11.9 Å². The van der Waals surface area contributed by atoms with Gasteiger partial charge in [0.05, 0.1) is 13.7 Å². The average molecular weight is 572 g/mol. The molecule has 0 bridgehead atoms. The Labute approximate surface area is 245 Å². The van der Waals surface area contributed by atoms with Crippen LogP contribution < -0.4 is 19.9 Å². The Morgan fingerprint density at radius 2 is 1.76 bits per heavy atom. The lowest BCUT2D eigenvalue weighted by Crippen LogP contribution is -2.46. The van der Waals surface area contributed by atoms with Crippen LogP contribution in [0.1, 0.15) is 70.4 Å². The second-order valence-electron chi connectivity index (χ2n) is 10.5. The molecule has 1 aliphatic rings. The van der Waals surface area contributed by atoms with Crippen molar-refractivity contribution in [2.45, 2.75) is 71.8 Å². The number of amides is 1. The van der Waals surface area contributed by atoms with Crippen molar-refractivity contribution in [2.24, 2.45) is 5.73 Å². The van der Waals surface area contributed by atoms with E-state index in [-0.39, 0.29) is 24.7 Å². The molecule has 1 amide bonds. The van der Waals surface area contributed by atoms with E-state index >= 15 is 0 Å². The Morgan fingerprint density at radius 1 is 1.07 bits per heavy atom. The molecule has 3 N–H and O–H groups in total. The highest BCUT2D eigenvalue weighted by atomic mass is 16.7. The predicted molar refractivity (Wildman–Crippen MR) is 162 cm³/mol. The van der Waals surface area contributed by atoms with Crippen LogP contribution in [0.15, 0.2) is 42.5 Å². The quantitative estimate of drug-likeness (QED) is 0.292. The van der Waals surface area contributed by atoms with Crippen LogP contribution in [0.4, 0.5) is 0 Å². The number of carboxylic acids is 1. The standard InChI is InChI=1S/C30H45N3O4.C2H4O2/c1-5-6-17-32(18-9-16-31)30(34)21-33(24(3)12-13-25-10-7-8-11-27(25)35-4)20-23(2)26-14-15-28-29(19-26)37-22-36-28;1-2(3)4/h7-8,10-11,14-15,19,23-24H,5-6,9,12-13,16-18,20-22,31H2,1-4H3;1H3,(H,3,4)/t23-,24-;/m1./s1. The maximum Gasteiger partial charge on any atom is 0.300 e. The molecule has 2 atom stereocenters. The van der Waals surface area contributed by atoms with E-state index in [1.807, 2.05) is 23.1 Å². The van der Waals surface area contributed by atoms with Crippen molar-refractivity contribution in [3.05, 3.63) is 53.6 Å². The van der Waals surface area contributed by atoms with Gasteiger partial charge in [-0.1, -0.05) is 44.5 Å². The van der Waals surface area contributed by atoms with Gasteiger partial charge in [0.15, 0.2) is 11.5 Å².